The summed E-state index contributed by atoms with van der Waals surface area (Å²) in [6.45, 7) is 0.723. The molecule has 5 heteroatoms. The van der Waals surface area contributed by atoms with Crippen molar-refractivity contribution in [1.29, 1.82) is 0 Å². The number of amides is 2. The second kappa shape index (κ2) is 6.98. The number of benzene rings is 3. The molecule has 4 rings (SSSR count). The molecule has 1 unspecified atom stereocenters. The van der Waals surface area contributed by atoms with E-state index in [0.717, 1.165) is 34.3 Å². The summed E-state index contributed by atoms with van der Waals surface area (Å²) >= 11 is 7.87. The van der Waals surface area contributed by atoms with Crippen LogP contribution >= 0.6 is 23.4 Å². The highest BCUT2D eigenvalue weighted by Crippen LogP contribution is 2.38. The smallest absolute Gasteiger partial charge is 0.308 e. The van der Waals surface area contributed by atoms with E-state index in [1.54, 1.807) is 11.8 Å². The molecule has 1 aliphatic heterocycles. The number of nitrogens with one attached hydrogen (secondary N) is 1. The van der Waals surface area contributed by atoms with Crippen LogP contribution in [0.3, 0.4) is 0 Å². The van der Waals surface area contributed by atoms with Gasteiger partial charge in [-0.25, -0.2) is 4.79 Å². The minimum Gasteiger partial charge on any atom is -0.308 e. The van der Waals surface area contributed by atoms with Crippen molar-refractivity contribution in [1.82, 2.24) is 4.90 Å². The zero-order valence-corrected chi connectivity index (χ0v) is 15.1. The molecular formula is C20H17ClN2OS. The van der Waals surface area contributed by atoms with Crippen molar-refractivity contribution in [3.63, 3.8) is 0 Å². The lowest BCUT2D eigenvalue weighted by molar-refractivity contribution is 0.214. The third-order valence-corrected chi connectivity index (χ3v) is 5.78. The minimum absolute atomic E-state index is 0.000781. The Balaban J connectivity index is 1.54. The van der Waals surface area contributed by atoms with Crippen LogP contribution in [0, 0.1) is 0 Å². The molecule has 0 aromatic heterocycles. The van der Waals surface area contributed by atoms with Gasteiger partial charge in [-0.2, -0.15) is 0 Å². The van der Waals surface area contributed by atoms with Gasteiger partial charge in [0.1, 0.15) is 5.37 Å². The van der Waals surface area contributed by atoms with Crippen molar-refractivity contribution in [2.45, 2.75) is 5.37 Å². The van der Waals surface area contributed by atoms with Gasteiger partial charge >= 0.3 is 6.03 Å². The Morgan fingerprint density at radius 3 is 2.72 bits per heavy atom. The molecule has 0 spiro atoms. The van der Waals surface area contributed by atoms with E-state index in [1.807, 2.05) is 65.6 Å². The average Bonchev–Trinajstić information content (AvgIpc) is 3.11. The normalized spacial score (nSPS) is 17.0. The molecule has 1 N–H and O–H groups in total. The van der Waals surface area contributed by atoms with Crippen molar-refractivity contribution in [3.05, 3.63) is 77.3 Å². The number of anilines is 1. The van der Waals surface area contributed by atoms with Crippen LogP contribution in [0.15, 0.2) is 66.7 Å². The van der Waals surface area contributed by atoms with Crippen LogP contribution in [-0.4, -0.2) is 23.2 Å². The van der Waals surface area contributed by atoms with Crippen LogP contribution in [0.5, 0.6) is 0 Å². The molecular weight excluding hydrogens is 352 g/mol. The Kier molecular flexibility index (Phi) is 4.55. The summed E-state index contributed by atoms with van der Waals surface area (Å²) in [6.07, 6.45) is 0. The van der Waals surface area contributed by atoms with Crippen LogP contribution < -0.4 is 5.32 Å². The highest BCUT2D eigenvalue weighted by molar-refractivity contribution is 7.99. The number of carbonyl (C=O) groups is 1. The summed E-state index contributed by atoms with van der Waals surface area (Å²) in [5, 5.41) is 6.00. The van der Waals surface area contributed by atoms with Gasteiger partial charge in [-0.3, -0.25) is 0 Å². The summed E-state index contributed by atoms with van der Waals surface area (Å²) in [5.41, 5.74) is 1.87. The van der Waals surface area contributed by atoms with Crippen LogP contribution in [0.25, 0.3) is 10.8 Å². The number of nitrogens with zero attached hydrogens (tertiary/aromatic N) is 1. The molecule has 1 heterocycles. The van der Waals surface area contributed by atoms with Gasteiger partial charge in [-0.05, 0) is 40.6 Å². The highest BCUT2D eigenvalue weighted by atomic mass is 35.5. The van der Waals surface area contributed by atoms with Crippen LogP contribution in [0.1, 0.15) is 10.9 Å². The Labute approximate surface area is 156 Å². The summed E-state index contributed by atoms with van der Waals surface area (Å²) in [4.78, 5) is 14.7. The zero-order valence-electron chi connectivity index (χ0n) is 13.5. The third kappa shape index (κ3) is 3.46. The van der Waals surface area contributed by atoms with Crippen molar-refractivity contribution >= 4 is 45.9 Å². The van der Waals surface area contributed by atoms with E-state index in [1.165, 1.54) is 0 Å². The topological polar surface area (TPSA) is 32.3 Å². The lowest BCUT2D eigenvalue weighted by Crippen LogP contribution is -2.34. The van der Waals surface area contributed by atoms with Crippen LogP contribution in [0.4, 0.5) is 10.5 Å². The summed E-state index contributed by atoms with van der Waals surface area (Å²) in [5.74, 6) is 0.919. The van der Waals surface area contributed by atoms with E-state index in [2.05, 4.69) is 11.4 Å². The standard InChI is InChI=1S/C20H17ClN2OS/c21-17-7-3-6-16(12-17)19-23(10-11-25-19)20(24)22-18-9-8-14-4-1-2-5-15(14)13-18/h1-9,12-13,19H,10-11H2,(H,22,24). The molecule has 0 saturated carbocycles. The van der Waals surface area contributed by atoms with Gasteiger partial charge in [-0.15, -0.1) is 11.8 Å². The summed E-state index contributed by atoms with van der Waals surface area (Å²) in [7, 11) is 0. The van der Waals surface area contributed by atoms with Crippen molar-refractivity contribution in [2.24, 2.45) is 0 Å². The summed E-state index contributed by atoms with van der Waals surface area (Å²) in [6, 6.07) is 21.7. The first kappa shape index (κ1) is 16.3. The Morgan fingerprint density at radius 2 is 1.88 bits per heavy atom. The number of rotatable bonds is 2. The number of hydrogen-bond donors (Lipinski definition) is 1. The second-order valence-corrected chi connectivity index (χ2v) is 7.59. The number of thioether (sulfide) groups is 1. The van der Waals surface area contributed by atoms with Gasteiger partial charge in [-0.1, -0.05) is 54.1 Å². The SMILES string of the molecule is O=C(Nc1ccc2ccccc2c1)N1CCSC1c1cccc(Cl)c1. The first-order valence-corrected chi connectivity index (χ1v) is 9.57. The van der Waals surface area contributed by atoms with Gasteiger partial charge in [0.25, 0.3) is 0 Å². The second-order valence-electron chi connectivity index (χ2n) is 5.96. The maximum absolute atomic E-state index is 12.8. The van der Waals surface area contributed by atoms with E-state index in [0.29, 0.717) is 5.02 Å². The van der Waals surface area contributed by atoms with E-state index in [4.69, 9.17) is 11.6 Å². The Morgan fingerprint density at radius 1 is 1.04 bits per heavy atom. The van der Waals surface area contributed by atoms with Gasteiger partial charge in [0, 0.05) is 23.0 Å². The molecule has 2 amide bonds. The molecule has 0 aliphatic carbocycles. The molecule has 0 bridgehead atoms. The number of urea groups is 1. The maximum atomic E-state index is 12.8. The fraction of sp³-hybridized carbons (Fsp3) is 0.150. The monoisotopic (exact) mass is 368 g/mol. The molecule has 1 aliphatic rings. The predicted molar refractivity (Wildman–Crippen MR) is 106 cm³/mol. The highest BCUT2D eigenvalue weighted by Gasteiger charge is 2.30. The van der Waals surface area contributed by atoms with Crippen LogP contribution in [0.2, 0.25) is 5.02 Å². The zero-order chi connectivity index (χ0) is 17.2. The number of hydrogen-bond acceptors (Lipinski definition) is 2. The summed E-state index contributed by atoms with van der Waals surface area (Å²) < 4.78 is 0. The first-order valence-electron chi connectivity index (χ1n) is 8.14. The van der Waals surface area contributed by atoms with Gasteiger partial charge in [0.15, 0.2) is 0 Å². The number of carbonyl (C=O) groups excluding carboxylic acids is 1. The minimum atomic E-state index is -0.0785. The predicted octanol–water partition coefficient (Wildman–Crippen LogP) is 5.77. The number of halogens is 1. The maximum Gasteiger partial charge on any atom is 0.323 e. The molecule has 0 radical (unpaired) electrons. The molecule has 3 aromatic carbocycles. The quantitative estimate of drug-likeness (QED) is 0.622. The average molecular weight is 369 g/mol. The molecule has 3 nitrogen and oxygen atoms in total. The van der Waals surface area contributed by atoms with Gasteiger partial charge in [0.2, 0.25) is 0 Å². The largest absolute Gasteiger partial charge is 0.323 e. The number of fused-ring (bicyclic) bond motifs is 1. The lowest BCUT2D eigenvalue weighted by Gasteiger charge is -2.24. The molecule has 3 aromatic rings. The van der Waals surface area contributed by atoms with Gasteiger partial charge < -0.3 is 10.2 Å². The molecule has 25 heavy (non-hydrogen) atoms. The fourth-order valence-corrected chi connectivity index (χ4v) is 4.52. The van der Waals surface area contributed by atoms with Crippen molar-refractivity contribution < 1.29 is 4.79 Å². The Bertz CT molecular complexity index is 930. The van der Waals surface area contributed by atoms with E-state index in [9.17, 15) is 4.79 Å². The van der Waals surface area contributed by atoms with Crippen molar-refractivity contribution in [2.75, 3.05) is 17.6 Å². The molecule has 1 saturated heterocycles. The van der Waals surface area contributed by atoms with E-state index < -0.39 is 0 Å². The third-order valence-electron chi connectivity index (χ3n) is 4.29. The molecule has 1 atom stereocenters. The van der Waals surface area contributed by atoms with Crippen LogP contribution in [-0.2, 0) is 0 Å². The molecule has 126 valence electrons. The Hall–Kier alpha value is -2.17. The van der Waals surface area contributed by atoms with E-state index in [-0.39, 0.29) is 11.4 Å². The molecule has 1 fully saturated rings. The van der Waals surface area contributed by atoms with Crippen molar-refractivity contribution in [3.8, 4) is 0 Å². The van der Waals surface area contributed by atoms with Gasteiger partial charge in [0.05, 0.1) is 0 Å². The van der Waals surface area contributed by atoms with E-state index >= 15 is 0 Å². The lowest BCUT2D eigenvalue weighted by atomic mass is 10.1. The fourth-order valence-electron chi connectivity index (χ4n) is 3.08. The first-order chi connectivity index (χ1) is 12.2.